The first-order valence-electron chi connectivity index (χ1n) is 6.51. The number of alkyl halides is 1. The van der Waals surface area contributed by atoms with Crippen molar-refractivity contribution >= 4 is 33.6 Å². The second-order valence-electron chi connectivity index (χ2n) is 5.77. The van der Waals surface area contributed by atoms with Crippen LogP contribution < -0.4 is 0 Å². The quantitative estimate of drug-likeness (QED) is 0.637. The molecule has 0 aliphatic carbocycles. The number of thioether (sulfide) groups is 1. The fraction of sp³-hybridized carbons (Fsp3) is 0.500. The number of β-lactam (4-membered cyclic amide) rings is 1. The van der Waals surface area contributed by atoms with Crippen molar-refractivity contribution < 1.29 is 9.90 Å². The number of carbonyl (C=O) groups is 1. The van der Waals surface area contributed by atoms with E-state index in [9.17, 15) is 15.2 Å². The number of pyridine rings is 1. The molecule has 4 atom stereocenters. The van der Waals surface area contributed by atoms with Gasteiger partial charge in [-0.15, -0.1) is 11.8 Å². The minimum Gasteiger partial charge on any atom is -0.386 e. The Balaban J connectivity index is 1.95. The van der Waals surface area contributed by atoms with E-state index < -0.39 is 16.5 Å². The van der Waals surface area contributed by atoms with Gasteiger partial charge in [0, 0.05) is 17.1 Å². The van der Waals surface area contributed by atoms with Gasteiger partial charge in [0.05, 0.1) is 6.07 Å². The molecule has 1 aromatic rings. The summed E-state index contributed by atoms with van der Waals surface area (Å²) in [5, 5.41) is 19.7. The van der Waals surface area contributed by atoms with Crippen LogP contribution in [-0.4, -0.2) is 41.4 Å². The highest BCUT2D eigenvalue weighted by molar-refractivity contribution is 9.10. The van der Waals surface area contributed by atoms with E-state index in [0.29, 0.717) is 5.56 Å². The van der Waals surface area contributed by atoms with Crippen LogP contribution in [0.5, 0.6) is 0 Å². The number of amides is 1. The SMILES string of the molecule is CC1(C)SC2N(C(=O)C2(Br)C(O)c2ccncc2)C1C#N. The van der Waals surface area contributed by atoms with Crippen LogP contribution in [0.25, 0.3) is 0 Å². The molecule has 2 fully saturated rings. The number of nitriles is 1. The lowest BCUT2D eigenvalue weighted by Crippen LogP contribution is -2.71. The fourth-order valence-corrected chi connectivity index (χ4v) is 5.46. The first-order valence-corrected chi connectivity index (χ1v) is 8.18. The lowest BCUT2D eigenvalue weighted by atomic mass is 9.85. The summed E-state index contributed by atoms with van der Waals surface area (Å²) < 4.78 is -1.44. The van der Waals surface area contributed by atoms with E-state index in [1.165, 1.54) is 0 Å². The smallest absolute Gasteiger partial charge is 0.247 e. The molecule has 21 heavy (non-hydrogen) atoms. The van der Waals surface area contributed by atoms with Crippen LogP contribution in [0, 0.1) is 11.3 Å². The van der Waals surface area contributed by atoms with Crippen molar-refractivity contribution in [2.24, 2.45) is 0 Å². The zero-order valence-corrected chi connectivity index (χ0v) is 13.9. The van der Waals surface area contributed by atoms with Crippen molar-refractivity contribution in [2.75, 3.05) is 0 Å². The summed E-state index contributed by atoms with van der Waals surface area (Å²) in [6.07, 6.45) is 2.19. The first-order chi connectivity index (χ1) is 9.84. The molecule has 0 radical (unpaired) electrons. The average molecular weight is 368 g/mol. The molecular formula is C14H14BrN3O2S. The molecule has 0 spiro atoms. The zero-order valence-electron chi connectivity index (χ0n) is 11.5. The van der Waals surface area contributed by atoms with E-state index in [4.69, 9.17) is 0 Å². The van der Waals surface area contributed by atoms with Crippen molar-refractivity contribution in [2.45, 2.75) is 40.4 Å². The molecule has 1 amide bonds. The van der Waals surface area contributed by atoms with E-state index in [1.54, 1.807) is 41.2 Å². The Labute approximate surface area is 135 Å². The number of hydrogen-bond acceptors (Lipinski definition) is 5. The fourth-order valence-electron chi connectivity index (χ4n) is 2.89. The summed E-state index contributed by atoms with van der Waals surface area (Å²) in [6, 6.07) is 5.11. The highest BCUT2D eigenvalue weighted by Gasteiger charge is 2.71. The first kappa shape index (κ1) is 14.8. The van der Waals surface area contributed by atoms with Crippen LogP contribution in [0.15, 0.2) is 24.5 Å². The number of rotatable bonds is 2. The molecule has 110 valence electrons. The third-order valence-corrected chi connectivity index (χ3v) is 7.23. The number of aromatic nitrogens is 1. The Morgan fingerprint density at radius 1 is 1.52 bits per heavy atom. The summed E-state index contributed by atoms with van der Waals surface area (Å²) in [5.41, 5.74) is 0.633. The monoisotopic (exact) mass is 367 g/mol. The van der Waals surface area contributed by atoms with Gasteiger partial charge in [-0.2, -0.15) is 5.26 Å². The third kappa shape index (κ3) is 1.86. The number of aliphatic hydroxyl groups excluding tert-OH is 1. The Bertz CT molecular complexity index is 633. The lowest BCUT2D eigenvalue weighted by molar-refractivity contribution is -0.153. The van der Waals surface area contributed by atoms with Crippen LogP contribution in [-0.2, 0) is 4.79 Å². The number of hydrogen-bond donors (Lipinski definition) is 1. The molecule has 3 rings (SSSR count). The normalized spacial score (nSPS) is 34.8. The Hall–Kier alpha value is -1.10. The van der Waals surface area contributed by atoms with Gasteiger partial charge in [0.1, 0.15) is 17.5 Å². The molecule has 4 unspecified atom stereocenters. The summed E-state index contributed by atoms with van der Waals surface area (Å²) in [5.74, 6) is -0.235. The maximum absolute atomic E-state index is 12.6. The standard InChI is InChI=1S/C14H14BrN3O2S/c1-13(2)9(7-16)18-11(20)14(15,12(18)21-13)10(19)8-3-5-17-6-4-8/h3-6,9-10,12,19H,1-2H3. The molecule has 1 N–H and O–H groups in total. The van der Waals surface area contributed by atoms with Crippen molar-refractivity contribution in [3.05, 3.63) is 30.1 Å². The maximum atomic E-state index is 12.6. The predicted octanol–water partition coefficient (Wildman–Crippen LogP) is 1.83. The van der Waals surface area contributed by atoms with Gasteiger partial charge in [0.15, 0.2) is 4.32 Å². The molecule has 0 saturated carbocycles. The van der Waals surface area contributed by atoms with E-state index in [1.807, 2.05) is 13.8 Å². The third-order valence-electron chi connectivity index (χ3n) is 4.07. The number of carbonyl (C=O) groups excluding carboxylic acids is 1. The summed E-state index contributed by atoms with van der Waals surface area (Å²) in [4.78, 5) is 18.1. The molecule has 7 heteroatoms. The lowest BCUT2D eigenvalue weighted by Gasteiger charge is -2.51. The van der Waals surface area contributed by atoms with Crippen molar-refractivity contribution in [1.29, 1.82) is 5.26 Å². The molecule has 1 aromatic heterocycles. The molecule has 3 heterocycles. The summed E-state index contributed by atoms with van der Waals surface area (Å²) in [7, 11) is 0. The molecular weight excluding hydrogens is 354 g/mol. The van der Waals surface area contributed by atoms with Gasteiger partial charge in [-0.3, -0.25) is 9.78 Å². The predicted molar refractivity (Wildman–Crippen MR) is 82.6 cm³/mol. The van der Waals surface area contributed by atoms with Gasteiger partial charge in [-0.05, 0) is 31.5 Å². The van der Waals surface area contributed by atoms with Gasteiger partial charge >= 0.3 is 0 Å². The average Bonchev–Trinajstić information content (AvgIpc) is 2.75. The number of aliphatic hydroxyl groups is 1. The van der Waals surface area contributed by atoms with Crippen molar-refractivity contribution in [3.8, 4) is 6.07 Å². The Kier molecular flexibility index (Phi) is 3.32. The van der Waals surface area contributed by atoms with Gasteiger partial charge in [-0.25, -0.2) is 0 Å². The minimum atomic E-state index is -1.08. The van der Waals surface area contributed by atoms with Crippen LogP contribution in [0.4, 0.5) is 0 Å². The van der Waals surface area contributed by atoms with Crippen LogP contribution in [0.2, 0.25) is 0 Å². The zero-order chi connectivity index (χ0) is 15.4. The van der Waals surface area contributed by atoms with Crippen molar-refractivity contribution in [3.63, 3.8) is 0 Å². The highest BCUT2D eigenvalue weighted by Crippen LogP contribution is 2.61. The van der Waals surface area contributed by atoms with Crippen LogP contribution in [0.1, 0.15) is 25.5 Å². The Morgan fingerprint density at radius 2 is 2.14 bits per heavy atom. The molecule has 2 saturated heterocycles. The van der Waals surface area contributed by atoms with E-state index in [0.717, 1.165) is 0 Å². The second-order valence-corrected chi connectivity index (χ2v) is 8.82. The number of nitrogens with zero attached hydrogens (tertiary/aromatic N) is 3. The minimum absolute atomic E-state index is 0.235. The second kappa shape index (κ2) is 4.70. The molecule has 0 aromatic carbocycles. The molecule has 2 aliphatic heterocycles. The molecule has 5 nitrogen and oxygen atoms in total. The number of fused-ring (bicyclic) bond motifs is 1. The van der Waals surface area contributed by atoms with Gasteiger partial charge < -0.3 is 10.0 Å². The summed E-state index contributed by atoms with van der Waals surface area (Å²) >= 11 is 5.00. The van der Waals surface area contributed by atoms with Crippen molar-refractivity contribution in [1.82, 2.24) is 9.88 Å². The van der Waals surface area contributed by atoms with Gasteiger partial charge in [-0.1, -0.05) is 15.9 Å². The largest absolute Gasteiger partial charge is 0.386 e. The topological polar surface area (TPSA) is 77.2 Å². The molecule has 0 bridgehead atoms. The van der Waals surface area contributed by atoms with E-state index >= 15 is 0 Å². The highest BCUT2D eigenvalue weighted by atomic mass is 79.9. The van der Waals surface area contributed by atoms with Gasteiger partial charge in [0.2, 0.25) is 5.91 Å². The van der Waals surface area contributed by atoms with E-state index in [2.05, 4.69) is 27.0 Å². The maximum Gasteiger partial charge on any atom is 0.247 e. The van der Waals surface area contributed by atoms with Gasteiger partial charge in [0.25, 0.3) is 0 Å². The number of halogens is 1. The van der Waals surface area contributed by atoms with E-state index in [-0.39, 0.29) is 16.0 Å². The van der Waals surface area contributed by atoms with Crippen LogP contribution >= 0.6 is 27.7 Å². The van der Waals surface area contributed by atoms with Crippen LogP contribution in [0.3, 0.4) is 0 Å². The summed E-state index contributed by atoms with van der Waals surface area (Å²) in [6.45, 7) is 3.90. The Morgan fingerprint density at radius 3 is 2.71 bits per heavy atom. The molecule has 2 aliphatic rings.